The molecule has 0 amide bonds. The fourth-order valence-corrected chi connectivity index (χ4v) is 2.98. The summed E-state index contributed by atoms with van der Waals surface area (Å²) in [6.07, 6.45) is 3.62. The van der Waals surface area contributed by atoms with Gasteiger partial charge in [0.15, 0.2) is 0 Å². The van der Waals surface area contributed by atoms with Crippen molar-refractivity contribution < 1.29 is 15.0 Å². The van der Waals surface area contributed by atoms with Crippen molar-refractivity contribution in [3.63, 3.8) is 0 Å². The van der Waals surface area contributed by atoms with E-state index >= 15 is 0 Å². The maximum atomic E-state index is 11.1. The van der Waals surface area contributed by atoms with Crippen LogP contribution in [-0.2, 0) is 0 Å². The Bertz CT molecular complexity index is 1180. The molecule has 27 heavy (non-hydrogen) atoms. The Hall–Kier alpha value is -3.86. The van der Waals surface area contributed by atoms with Gasteiger partial charge in [-0.2, -0.15) is 0 Å². The van der Waals surface area contributed by atoms with Gasteiger partial charge in [0.1, 0.15) is 11.3 Å². The molecule has 0 aliphatic carbocycles. The Kier molecular flexibility index (Phi) is 4.18. The lowest BCUT2D eigenvalue weighted by atomic mass is 10.1. The summed E-state index contributed by atoms with van der Waals surface area (Å²) in [4.78, 5) is 15.5. The van der Waals surface area contributed by atoms with E-state index in [1.807, 2.05) is 41.1 Å². The molecule has 1 aromatic heterocycles. The summed E-state index contributed by atoms with van der Waals surface area (Å²) in [6, 6.07) is 22.5. The molecule has 1 heterocycles. The predicted molar refractivity (Wildman–Crippen MR) is 106 cm³/mol. The van der Waals surface area contributed by atoms with E-state index < -0.39 is 5.97 Å². The fraction of sp³-hybridized carbons (Fsp3) is 0. The molecule has 5 nitrogen and oxygen atoms in total. The second-order valence-corrected chi connectivity index (χ2v) is 6.10. The monoisotopic (exact) mass is 356 g/mol. The van der Waals surface area contributed by atoms with Crippen LogP contribution in [0, 0.1) is 0 Å². The van der Waals surface area contributed by atoms with Crippen molar-refractivity contribution in [2.45, 2.75) is 0 Å². The third-order valence-electron chi connectivity index (χ3n) is 4.35. The number of carbonyl (C=O) groups is 1. The van der Waals surface area contributed by atoms with Crippen LogP contribution in [0.25, 0.3) is 16.5 Å². The molecule has 5 heteroatoms. The van der Waals surface area contributed by atoms with Crippen LogP contribution in [0.5, 0.6) is 5.75 Å². The van der Waals surface area contributed by atoms with Gasteiger partial charge in [-0.15, -0.1) is 0 Å². The summed E-state index contributed by atoms with van der Waals surface area (Å²) >= 11 is 0. The smallest absolute Gasteiger partial charge is 0.339 e. The predicted octanol–water partition coefficient (Wildman–Crippen LogP) is 4.78. The van der Waals surface area contributed by atoms with E-state index in [0.29, 0.717) is 5.69 Å². The topological polar surface area (TPSA) is 74.8 Å². The Morgan fingerprint density at radius 3 is 2.56 bits per heavy atom. The molecule has 0 bridgehead atoms. The summed E-state index contributed by atoms with van der Waals surface area (Å²) in [6.45, 7) is 0. The Morgan fingerprint density at radius 2 is 1.74 bits per heavy atom. The van der Waals surface area contributed by atoms with Gasteiger partial charge in [-0.1, -0.05) is 30.3 Å². The number of aromatic carboxylic acids is 1. The van der Waals surface area contributed by atoms with Gasteiger partial charge in [0.05, 0.1) is 17.6 Å². The minimum Gasteiger partial charge on any atom is -0.507 e. The Morgan fingerprint density at radius 1 is 0.926 bits per heavy atom. The number of rotatable bonds is 4. The van der Waals surface area contributed by atoms with Gasteiger partial charge in [0.25, 0.3) is 0 Å². The van der Waals surface area contributed by atoms with Gasteiger partial charge in [-0.05, 0) is 53.2 Å². The number of carboxylic acids is 1. The van der Waals surface area contributed by atoms with Crippen molar-refractivity contribution >= 4 is 28.6 Å². The zero-order valence-electron chi connectivity index (χ0n) is 14.3. The van der Waals surface area contributed by atoms with Crippen molar-refractivity contribution in [2.24, 2.45) is 4.99 Å². The minimum atomic E-state index is -1.19. The number of hydrogen-bond donors (Lipinski definition) is 2. The summed E-state index contributed by atoms with van der Waals surface area (Å²) in [5, 5.41) is 21.0. The van der Waals surface area contributed by atoms with Crippen LogP contribution in [-0.4, -0.2) is 27.0 Å². The quantitative estimate of drug-likeness (QED) is 0.517. The summed E-state index contributed by atoms with van der Waals surface area (Å²) in [5.74, 6) is -1.47. The Labute approximate surface area is 155 Å². The van der Waals surface area contributed by atoms with E-state index in [4.69, 9.17) is 5.11 Å². The molecule has 0 aliphatic rings. The first kappa shape index (κ1) is 16.6. The highest BCUT2D eigenvalue weighted by molar-refractivity contribution is 5.92. The maximum Gasteiger partial charge on any atom is 0.339 e. The minimum absolute atomic E-state index is 0.172. The van der Waals surface area contributed by atoms with Crippen molar-refractivity contribution in [1.29, 1.82) is 0 Å². The molecular formula is C22H16N2O3. The van der Waals surface area contributed by atoms with Gasteiger partial charge in [-0.3, -0.25) is 4.99 Å². The molecular weight excluding hydrogens is 340 g/mol. The number of fused-ring (bicyclic) bond motifs is 1. The molecule has 0 saturated carbocycles. The highest BCUT2D eigenvalue weighted by Crippen LogP contribution is 2.24. The average Bonchev–Trinajstić information content (AvgIpc) is 3.15. The zero-order valence-corrected chi connectivity index (χ0v) is 14.3. The first-order chi connectivity index (χ1) is 13.1. The molecule has 4 aromatic rings. The summed E-state index contributed by atoms with van der Waals surface area (Å²) in [5.41, 5.74) is 2.15. The van der Waals surface area contributed by atoms with Gasteiger partial charge < -0.3 is 14.8 Å². The molecule has 0 unspecified atom stereocenters. The molecule has 0 aliphatic heterocycles. The fourth-order valence-electron chi connectivity index (χ4n) is 2.98. The number of benzene rings is 3. The van der Waals surface area contributed by atoms with E-state index in [1.165, 1.54) is 17.5 Å². The van der Waals surface area contributed by atoms with Gasteiger partial charge in [0.2, 0.25) is 0 Å². The van der Waals surface area contributed by atoms with Crippen LogP contribution in [0.1, 0.15) is 16.1 Å². The lowest BCUT2D eigenvalue weighted by molar-refractivity contribution is 0.0694. The third kappa shape index (κ3) is 3.30. The molecule has 0 spiro atoms. The van der Waals surface area contributed by atoms with Crippen LogP contribution in [0.2, 0.25) is 0 Å². The van der Waals surface area contributed by atoms with E-state index in [1.54, 1.807) is 12.3 Å². The third-order valence-corrected chi connectivity index (χ3v) is 4.35. The SMILES string of the molecule is O=C(O)c1cc(N=Cc2cccn2-c2ccc3ccccc3c2)ccc1O. The standard InChI is InChI=1S/C22H16N2O3/c25-21-10-8-17(13-20(21)22(26)27)23-14-19-6-3-11-24(19)18-9-7-15-4-1-2-5-16(15)12-18/h1-14,25H,(H,26,27). The number of aromatic nitrogens is 1. The zero-order chi connectivity index (χ0) is 18.8. The van der Waals surface area contributed by atoms with Crippen LogP contribution >= 0.6 is 0 Å². The van der Waals surface area contributed by atoms with E-state index in [9.17, 15) is 9.90 Å². The van der Waals surface area contributed by atoms with Gasteiger partial charge >= 0.3 is 5.97 Å². The molecule has 0 atom stereocenters. The highest BCUT2D eigenvalue weighted by atomic mass is 16.4. The highest BCUT2D eigenvalue weighted by Gasteiger charge is 2.09. The summed E-state index contributed by atoms with van der Waals surface area (Å²) < 4.78 is 2.01. The lowest BCUT2D eigenvalue weighted by Gasteiger charge is -2.08. The second kappa shape index (κ2) is 6.80. The lowest BCUT2D eigenvalue weighted by Crippen LogP contribution is -1.98. The first-order valence-corrected chi connectivity index (χ1v) is 8.39. The molecule has 4 rings (SSSR count). The van der Waals surface area contributed by atoms with E-state index in [0.717, 1.165) is 16.8 Å². The largest absolute Gasteiger partial charge is 0.507 e. The molecule has 0 fully saturated rings. The second-order valence-electron chi connectivity index (χ2n) is 6.10. The normalized spacial score (nSPS) is 11.3. The van der Waals surface area contributed by atoms with Crippen molar-refractivity contribution in [1.82, 2.24) is 4.57 Å². The molecule has 132 valence electrons. The number of aromatic hydroxyl groups is 1. The van der Waals surface area contributed by atoms with Crippen molar-refractivity contribution in [3.05, 3.63) is 90.3 Å². The van der Waals surface area contributed by atoms with Crippen molar-refractivity contribution in [2.75, 3.05) is 0 Å². The molecule has 2 N–H and O–H groups in total. The number of phenols is 1. The number of hydrogen-bond acceptors (Lipinski definition) is 3. The Balaban J connectivity index is 1.68. The number of carboxylic acid groups (broad SMARTS) is 1. The summed E-state index contributed by atoms with van der Waals surface area (Å²) in [7, 11) is 0. The van der Waals surface area contributed by atoms with Crippen LogP contribution in [0.15, 0.2) is 84.0 Å². The number of nitrogens with zero attached hydrogens (tertiary/aromatic N) is 2. The van der Waals surface area contributed by atoms with Crippen LogP contribution < -0.4 is 0 Å². The molecule has 0 radical (unpaired) electrons. The van der Waals surface area contributed by atoms with Crippen LogP contribution in [0.3, 0.4) is 0 Å². The maximum absolute atomic E-state index is 11.1. The van der Waals surface area contributed by atoms with E-state index in [2.05, 4.69) is 29.3 Å². The average molecular weight is 356 g/mol. The first-order valence-electron chi connectivity index (χ1n) is 8.39. The molecule has 3 aromatic carbocycles. The van der Waals surface area contributed by atoms with Crippen LogP contribution in [0.4, 0.5) is 5.69 Å². The van der Waals surface area contributed by atoms with Gasteiger partial charge in [-0.25, -0.2) is 4.79 Å². The number of aliphatic imine (C=N–C) groups is 1. The molecule has 0 saturated heterocycles. The van der Waals surface area contributed by atoms with Crippen molar-refractivity contribution in [3.8, 4) is 11.4 Å². The van der Waals surface area contributed by atoms with Gasteiger partial charge in [0, 0.05) is 11.9 Å². The van der Waals surface area contributed by atoms with E-state index in [-0.39, 0.29) is 11.3 Å².